The summed E-state index contributed by atoms with van der Waals surface area (Å²) in [6.07, 6.45) is 1.55. The van der Waals surface area contributed by atoms with E-state index < -0.39 is 0 Å². The molecule has 0 unspecified atom stereocenters. The van der Waals surface area contributed by atoms with Gasteiger partial charge in [-0.1, -0.05) is 75.7 Å². The molecule has 1 amide bonds. The smallest absolute Gasteiger partial charge is 0.250 e. The van der Waals surface area contributed by atoms with E-state index in [1.807, 2.05) is 84.3 Å². The molecule has 0 spiro atoms. The summed E-state index contributed by atoms with van der Waals surface area (Å²) in [7, 11) is 1.59. The molecule has 0 saturated heterocycles. The summed E-state index contributed by atoms with van der Waals surface area (Å²) in [5.74, 6) is 1.25. The molecule has 1 heterocycles. The maximum Gasteiger partial charge on any atom is 0.250 e. The Morgan fingerprint density at radius 3 is 2.62 bits per heavy atom. The highest BCUT2D eigenvalue weighted by Crippen LogP contribution is 2.28. The van der Waals surface area contributed by atoms with Gasteiger partial charge in [-0.25, -0.2) is 5.43 Å². The van der Waals surface area contributed by atoms with Crippen LogP contribution < -0.4 is 10.2 Å². The van der Waals surface area contributed by atoms with Crippen LogP contribution in [0.2, 0.25) is 0 Å². The van der Waals surface area contributed by atoms with Crippen LogP contribution in [0.4, 0.5) is 0 Å². The van der Waals surface area contributed by atoms with Crippen molar-refractivity contribution < 1.29 is 9.53 Å². The minimum Gasteiger partial charge on any atom is -0.496 e. The molecule has 34 heavy (non-hydrogen) atoms. The van der Waals surface area contributed by atoms with Gasteiger partial charge < -0.3 is 4.74 Å². The van der Waals surface area contributed by atoms with Gasteiger partial charge in [0.25, 0.3) is 5.91 Å². The Bertz CT molecular complexity index is 1310. The van der Waals surface area contributed by atoms with Crippen molar-refractivity contribution in [3.63, 3.8) is 0 Å². The molecule has 0 radical (unpaired) electrons. The van der Waals surface area contributed by atoms with E-state index in [0.717, 1.165) is 21.3 Å². The lowest BCUT2D eigenvalue weighted by atomic mass is 10.1. The third kappa shape index (κ3) is 5.73. The number of methoxy groups -OCH3 is 1. The van der Waals surface area contributed by atoms with Crippen LogP contribution in [0.15, 0.2) is 87.5 Å². The molecule has 4 rings (SSSR count). The van der Waals surface area contributed by atoms with Gasteiger partial charge in [-0.3, -0.25) is 9.36 Å². The second-order valence-corrected chi connectivity index (χ2v) is 9.17. The Kier molecular flexibility index (Phi) is 7.76. The van der Waals surface area contributed by atoms with Crippen molar-refractivity contribution in [1.82, 2.24) is 20.2 Å². The van der Waals surface area contributed by atoms with Crippen LogP contribution in [-0.2, 0) is 4.79 Å². The molecule has 0 fully saturated rings. The Balaban J connectivity index is 1.49. The predicted molar refractivity (Wildman–Crippen MR) is 139 cm³/mol. The van der Waals surface area contributed by atoms with Gasteiger partial charge in [-0.05, 0) is 37.3 Å². The van der Waals surface area contributed by atoms with E-state index in [-0.39, 0.29) is 11.7 Å². The number of benzene rings is 3. The summed E-state index contributed by atoms with van der Waals surface area (Å²) in [5, 5.41) is 13.5. The molecule has 7 nitrogen and oxygen atoms in total. The van der Waals surface area contributed by atoms with Gasteiger partial charge in [0, 0.05) is 21.3 Å². The van der Waals surface area contributed by atoms with Crippen molar-refractivity contribution in [3.8, 4) is 22.8 Å². The Labute approximate surface area is 210 Å². The van der Waals surface area contributed by atoms with Gasteiger partial charge in [0.15, 0.2) is 11.0 Å². The van der Waals surface area contributed by atoms with Crippen LogP contribution >= 0.6 is 27.7 Å². The fourth-order valence-corrected chi connectivity index (χ4v) is 4.33. The number of aromatic nitrogens is 3. The fraction of sp³-hybridized carbons (Fsp3) is 0.120. The Morgan fingerprint density at radius 2 is 1.88 bits per heavy atom. The topological polar surface area (TPSA) is 81.4 Å². The molecular formula is C25H22BrN5O2S. The number of aryl methyl sites for hydroxylation is 1. The van der Waals surface area contributed by atoms with Crippen LogP contribution in [0.5, 0.6) is 5.75 Å². The van der Waals surface area contributed by atoms with E-state index in [4.69, 9.17) is 4.74 Å². The third-order valence-corrected chi connectivity index (χ3v) is 6.30. The molecule has 0 bridgehead atoms. The van der Waals surface area contributed by atoms with Gasteiger partial charge >= 0.3 is 0 Å². The number of amides is 1. The van der Waals surface area contributed by atoms with Crippen molar-refractivity contribution >= 4 is 39.8 Å². The molecule has 0 aliphatic carbocycles. The van der Waals surface area contributed by atoms with Gasteiger partial charge in [-0.15, -0.1) is 10.2 Å². The standard InChI is InChI=1S/C25H22BrN5O2S/c1-17-8-10-18(11-9-17)24-29-30-25(31(24)21-6-4-3-5-7-21)34-16-23(32)28-27-15-19-14-20(26)12-13-22(19)33-2/h3-15H,16H2,1-2H3,(H,28,32)/b27-15-. The zero-order chi connectivity index (χ0) is 23.9. The lowest BCUT2D eigenvalue weighted by Crippen LogP contribution is -2.20. The van der Waals surface area contributed by atoms with E-state index in [1.165, 1.54) is 17.3 Å². The van der Waals surface area contributed by atoms with Crippen molar-refractivity contribution in [2.75, 3.05) is 12.9 Å². The summed E-state index contributed by atoms with van der Waals surface area (Å²) in [5.41, 5.74) is 6.34. The average Bonchev–Trinajstić information content (AvgIpc) is 3.28. The number of rotatable bonds is 8. The molecule has 1 aromatic heterocycles. The number of nitrogens with one attached hydrogen (secondary N) is 1. The number of halogens is 1. The molecule has 0 aliphatic heterocycles. The van der Waals surface area contributed by atoms with Gasteiger partial charge in [0.1, 0.15) is 5.75 Å². The van der Waals surface area contributed by atoms with Crippen LogP contribution in [0.1, 0.15) is 11.1 Å². The summed E-state index contributed by atoms with van der Waals surface area (Å²) in [4.78, 5) is 12.4. The van der Waals surface area contributed by atoms with Gasteiger partial charge in [-0.2, -0.15) is 5.10 Å². The summed E-state index contributed by atoms with van der Waals surface area (Å²) < 4.78 is 8.16. The van der Waals surface area contributed by atoms with E-state index in [1.54, 1.807) is 13.3 Å². The average molecular weight is 536 g/mol. The lowest BCUT2D eigenvalue weighted by molar-refractivity contribution is -0.118. The number of nitrogens with zero attached hydrogens (tertiary/aromatic N) is 4. The first kappa shape index (κ1) is 23.7. The first-order valence-corrected chi connectivity index (χ1v) is 12.2. The van der Waals surface area contributed by atoms with Crippen molar-refractivity contribution in [2.45, 2.75) is 12.1 Å². The quantitative estimate of drug-likeness (QED) is 0.189. The molecule has 4 aromatic rings. The highest BCUT2D eigenvalue weighted by molar-refractivity contribution is 9.10. The first-order valence-electron chi connectivity index (χ1n) is 10.4. The second kappa shape index (κ2) is 11.1. The first-order chi connectivity index (χ1) is 16.5. The summed E-state index contributed by atoms with van der Waals surface area (Å²) in [6.45, 7) is 2.04. The molecule has 0 saturated carbocycles. The SMILES string of the molecule is COc1ccc(Br)cc1/C=N\NC(=O)CSc1nnc(-c2ccc(C)cc2)n1-c1ccccc1. The van der Waals surface area contributed by atoms with Crippen LogP contribution in [-0.4, -0.2) is 39.7 Å². The zero-order valence-electron chi connectivity index (χ0n) is 18.6. The van der Waals surface area contributed by atoms with E-state index in [9.17, 15) is 4.79 Å². The van der Waals surface area contributed by atoms with Crippen LogP contribution in [0, 0.1) is 6.92 Å². The number of carbonyl (C=O) groups excluding carboxylic acids is 1. The zero-order valence-corrected chi connectivity index (χ0v) is 21.0. The van der Waals surface area contributed by atoms with Gasteiger partial charge in [0.2, 0.25) is 0 Å². The molecular weight excluding hydrogens is 514 g/mol. The molecule has 9 heteroatoms. The molecule has 1 N–H and O–H groups in total. The van der Waals surface area contributed by atoms with E-state index in [2.05, 4.69) is 36.7 Å². The van der Waals surface area contributed by atoms with Crippen LogP contribution in [0.25, 0.3) is 17.1 Å². The number of hydrazone groups is 1. The highest BCUT2D eigenvalue weighted by atomic mass is 79.9. The number of hydrogen-bond donors (Lipinski definition) is 1. The molecule has 0 atom stereocenters. The molecule has 172 valence electrons. The second-order valence-electron chi connectivity index (χ2n) is 7.31. The van der Waals surface area contributed by atoms with Crippen molar-refractivity contribution in [3.05, 3.63) is 88.4 Å². The van der Waals surface area contributed by atoms with E-state index >= 15 is 0 Å². The van der Waals surface area contributed by atoms with Crippen LogP contribution in [0.3, 0.4) is 0 Å². The molecule has 0 aliphatic rings. The summed E-state index contributed by atoms with van der Waals surface area (Å²) in [6, 6.07) is 23.5. The number of ether oxygens (including phenoxy) is 1. The monoisotopic (exact) mass is 535 g/mol. The Hall–Kier alpha value is -3.43. The predicted octanol–water partition coefficient (Wildman–Crippen LogP) is 5.26. The number of para-hydroxylation sites is 1. The molecule has 3 aromatic carbocycles. The summed E-state index contributed by atoms with van der Waals surface area (Å²) >= 11 is 4.72. The van der Waals surface area contributed by atoms with Crippen molar-refractivity contribution in [1.29, 1.82) is 0 Å². The number of carbonyl (C=O) groups is 1. The third-order valence-electron chi connectivity index (χ3n) is 4.87. The maximum absolute atomic E-state index is 12.4. The normalized spacial score (nSPS) is 11.0. The minimum absolute atomic E-state index is 0.131. The minimum atomic E-state index is -0.255. The number of hydrogen-bond acceptors (Lipinski definition) is 6. The lowest BCUT2D eigenvalue weighted by Gasteiger charge is -2.10. The number of thioether (sulfide) groups is 1. The largest absolute Gasteiger partial charge is 0.496 e. The van der Waals surface area contributed by atoms with Gasteiger partial charge in [0.05, 0.1) is 19.1 Å². The Morgan fingerprint density at radius 1 is 1.12 bits per heavy atom. The highest BCUT2D eigenvalue weighted by Gasteiger charge is 2.17. The van der Waals surface area contributed by atoms with Crippen molar-refractivity contribution in [2.24, 2.45) is 5.10 Å². The fourth-order valence-electron chi connectivity index (χ4n) is 3.21. The maximum atomic E-state index is 12.4. The van der Waals surface area contributed by atoms with E-state index in [0.29, 0.717) is 16.7 Å².